The second-order valence-electron chi connectivity index (χ2n) is 8.26. The number of carbonyl (C=O) groups excluding carboxylic acids is 3. The summed E-state index contributed by atoms with van der Waals surface area (Å²) in [6, 6.07) is 15.8. The number of primary amides is 1. The Kier molecular flexibility index (Phi) is 9.33. The summed E-state index contributed by atoms with van der Waals surface area (Å²) in [6.07, 6.45) is -7.06. The highest BCUT2D eigenvalue weighted by Gasteiger charge is 2.56. The largest absolute Gasteiger partial charge is 0.453 e. The van der Waals surface area contributed by atoms with E-state index < -0.39 is 42.5 Å². The van der Waals surface area contributed by atoms with Crippen molar-refractivity contribution in [3.05, 3.63) is 54.1 Å². The summed E-state index contributed by atoms with van der Waals surface area (Å²) in [7, 11) is 0. The molecule has 0 fully saturated rings. The third kappa shape index (κ3) is 7.01. The first-order valence-corrected chi connectivity index (χ1v) is 11.0. The molecule has 0 saturated carbocycles. The number of nitrogens with zero attached hydrogens (tertiary/aromatic N) is 1. The Morgan fingerprint density at radius 2 is 1.59 bits per heavy atom. The fourth-order valence-electron chi connectivity index (χ4n) is 3.37. The highest BCUT2D eigenvalue weighted by Crippen LogP contribution is 2.38. The molecule has 0 spiro atoms. The third-order valence-corrected chi connectivity index (χ3v) is 5.53. The number of hydrogen-bond donors (Lipinski definition) is 4. The van der Waals surface area contributed by atoms with E-state index in [4.69, 9.17) is 5.11 Å². The number of carbonyl (C=O) groups is 3. The number of halogens is 5. The number of nitrogens with one attached hydrogen (secondary N) is 1. The van der Waals surface area contributed by atoms with Crippen LogP contribution in [-0.2, 0) is 20.8 Å². The first-order valence-electron chi connectivity index (χ1n) is 11.0. The van der Waals surface area contributed by atoms with E-state index in [1.54, 1.807) is 10.2 Å². The van der Waals surface area contributed by atoms with E-state index in [0.29, 0.717) is 19.9 Å². The third-order valence-electron chi connectivity index (χ3n) is 5.53. The van der Waals surface area contributed by atoms with Gasteiger partial charge < -0.3 is 26.2 Å². The second kappa shape index (κ2) is 11.6. The Hall–Kier alpha value is -3.58. The number of alkyl halides is 5. The van der Waals surface area contributed by atoms with E-state index in [-0.39, 0.29) is 12.5 Å². The molecular formula is C24H26F5N3O5. The van der Waals surface area contributed by atoms with Crippen molar-refractivity contribution in [2.75, 3.05) is 24.6 Å². The number of para-hydroxylation sites is 1. The van der Waals surface area contributed by atoms with Gasteiger partial charge in [0.25, 0.3) is 11.8 Å². The van der Waals surface area contributed by atoms with Crippen LogP contribution in [-0.4, -0.2) is 65.3 Å². The van der Waals surface area contributed by atoms with Gasteiger partial charge in [0.2, 0.25) is 11.5 Å². The molecule has 1 atom stereocenters. The van der Waals surface area contributed by atoms with Crippen LogP contribution in [0.1, 0.15) is 18.9 Å². The van der Waals surface area contributed by atoms with Crippen molar-refractivity contribution in [1.29, 1.82) is 0 Å². The van der Waals surface area contributed by atoms with E-state index in [1.165, 1.54) is 0 Å². The number of amides is 3. The van der Waals surface area contributed by atoms with Crippen LogP contribution in [0.25, 0.3) is 11.1 Å². The Balaban J connectivity index is 0.000000261. The van der Waals surface area contributed by atoms with Crippen LogP contribution in [0.4, 0.5) is 27.6 Å². The van der Waals surface area contributed by atoms with E-state index in [1.807, 2.05) is 48.5 Å². The van der Waals surface area contributed by atoms with E-state index in [0.717, 1.165) is 22.4 Å². The summed E-state index contributed by atoms with van der Waals surface area (Å²) in [5.41, 5.74) is 6.03. The van der Waals surface area contributed by atoms with Crippen molar-refractivity contribution in [2.24, 2.45) is 5.73 Å². The lowest BCUT2D eigenvalue weighted by atomic mass is 9.98. The zero-order valence-corrected chi connectivity index (χ0v) is 19.7. The van der Waals surface area contributed by atoms with Crippen molar-refractivity contribution in [3.63, 3.8) is 0 Å². The highest BCUT2D eigenvalue weighted by molar-refractivity contribution is 6.07. The van der Waals surface area contributed by atoms with Crippen LogP contribution < -0.4 is 16.0 Å². The molecule has 1 unspecified atom stereocenters. The lowest BCUT2D eigenvalue weighted by Gasteiger charge is -2.21. The van der Waals surface area contributed by atoms with Crippen molar-refractivity contribution >= 4 is 23.4 Å². The van der Waals surface area contributed by atoms with Gasteiger partial charge in [0, 0.05) is 25.1 Å². The first kappa shape index (κ1) is 29.6. The van der Waals surface area contributed by atoms with Gasteiger partial charge in [-0.3, -0.25) is 14.4 Å². The minimum absolute atomic E-state index is 0.0313. The number of hydrogen-bond acceptors (Lipinski definition) is 5. The molecule has 8 nitrogen and oxygen atoms in total. The van der Waals surface area contributed by atoms with Gasteiger partial charge in [0.1, 0.15) is 0 Å². The van der Waals surface area contributed by atoms with Gasteiger partial charge in [-0.15, -0.1) is 0 Å². The second-order valence-corrected chi connectivity index (χ2v) is 8.26. The number of benzene rings is 2. The summed E-state index contributed by atoms with van der Waals surface area (Å²) in [5, 5.41) is 19.9. The Morgan fingerprint density at radius 1 is 1.03 bits per heavy atom. The highest BCUT2D eigenvalue weighted by atomic mass is 19.4. The molecule has 0 aromatic heterocycles. The quantitative estimate of drug-likeness (QED) is 0.321. The lowest BCUT2D eigenvalue weighted by molar-refractivity contribution is -0.283. The van der Waals surface area contributed by atoms with Crippen molar-refractivity contribution in [1.82, 2.24) is 5.32 Å². The monoisotopic (exact) mass is 531 g/mol. The molecule has 1 aliphatic rings. The van der Waals surface area contributed by atoms with Crippen LogP contribution in [0.15, 0.2) is 48.5 Å². The molecule has 3 rings (SSSR count). The number of β-amino-alcohol motifs (C(OH)–C–C–N with tert-alkyl or cyclic N) is 1. The normalized spacial score (nSPS) is 14.8. The van der Waals surface area contributed by atoms with Gasteiger partial charge >= 0.3 is 12.1 Å². The summed E-state index contributed by atoms with van der Waals surface area (Å²) in [5.74, 6) is -7.85. The predicted octanol–water partition coefficient (Wildman–Crippen LogP) is 2.16. The molecule has 2 aromatic carbocycles. The van der Waals surface area contributed by atoms with Crippen molar-refractivity contribution < 1.29 is 46.5 Å². The van der Waals surface area contributed by atoms with Crippen molar-refractivity contribution in [2.45, 2.75) is 37.5 Å². The molecule has 0 bridgehead atoms. The molecule has 202 valence electrons. The molecule has 13 heteroatoms. The summed E-state index contributed by atoms with van der Waals surface area (Å²) in [4.78, 5) is 35.6. The van der Waals surface area contributed by atoms with E-state index in [2.05, 4.69) is 5.73 Å². The van der Waals surface area contributed by atoms with Gasteiger partial charge in [-0.25, -0.2) is 0 Å². The van der Waals surface area contributed by atoms with Crippen LogP contribution in [0.5, 0.6) is 0 Å². The molecule has 0 radical (unpaired) electrons. The topological polar surface area (TPSA) is 133 Å². The van der Waals surface area contributed by atoms with Crippen LogP contribution in [0, 0.1) is 0 Å². The minimum Gasteiger partial charge on any atom is -0.395 e. The SMILES string of the molecule is CC(O)(C(N)=O)C(=O)NCCC(F)(F)C(F)(F)F.O=C1Cc2ccccc2-c2ccccc2N1CCO. The Bertz CT molecular complexity index is 1140. The van der Waals surface area contributed by atoms with Crippen LogP contribution in [0.3, 0.4) is 0 Å². The number of fused-ring (bicyclic) bond motifs is 3. The van der Waals surface area contributed by atoms with Gasteiger partial charge in [-0.1, -0.05) is 42.5 Å². The molecule has 1 aliphatic heterocycles. The maximum atomic E-state index is 12.4. The first-order chi connectivity index (χ1) is 17.1. The molecular weight excluding hydrogens is 505 g/mol. The van der Waals surface area contributed by atoms with Gasteiger partial charge in [-0.2, -0.15) is 22.0 Å². The molecule has 1 heterocycles. The zero-order valence-electron chi connectivity index (χ0n) is 19.7. The summed E-state index contributed by atoms with van der Waals surface area (Å²) >= 11 is 0. The maximum absolute atomic E-state index is 12.4. The van der Waals surface area contributed by atoms with Gasteiger partial charge in [0.15, 0.2) is 0 Å². The Labute approximate surface area is 208 Å². The average Bonchev–Trinajstić information content (AvgIpc) is 2.93. The average molecular weight is 531 g/mol. The van der Waals surface area contributed by atoms with Crippen LogP contribution in [0.2, 0.25) is 0 Å². The molecule has 37 heavy (non-hydrogen) atoms. The molecule has 0 aliphatic carbocycles. The lowest BCUT2D eigenvalue weighted by Crippen LogP contribution is -2.54. The molecule has 3 amide bonds. The number of anilines is 1. The molecule has 0 saturated heterocycles. The van der Waals surface area contributed by atoms with E-state index >= 15 is 0 Å². The number of aliphatic hydroxyl groups excluding tert-OH is 1. The minimum atomic E-state index is -5.73. The molecule has 2 aromatic rings. The number of nitrogens with two attached hydrogens (primary N) is 1. The predicted molar refractivity (Wildman–Crippen MR) is 123 cm³/mol. The smallest absolute Gasteiger partial charge is 0.395 e. The van der Waals surface area contributed by atoms with Gasteiger partial charge in [0.05, 0.1) is 18.7 Å². The van der Waals surface area contributed by atoms with Gasteiger partial charge in [-0.05, 0) is 24.1 Å². The fourth-order valence-corrected chi connectivity index (χ4v) is 3.37. The Morgan fingerprint density at radius 3 is 2.16 bits per heavy atom. The summed E-state index contributed by atoms with van der Waals surface area (Å²) < 4.78 is 60.0. The molecule has 5 N–H and O–H groups in total. The summed E-state index contributed by atoms with van der Waals surface area (Å²) in [6.45, 7) is -0.0818. The fraction of sp³-hybridized carbons (Fsp3) is 0.375. The number of rotatable bonds is 7. The number of aliphatic hydroxyl groups is 2. The van der Waals surface area contributed by atoms with Crippen molar-refractivity contribution in [3.8, 4) is 11.1 Å². The maximum Gasteiger partial charge on any atom is 0.453 e. The van der Waals surface area contributed by atoms with Crippen LogP contribution >= 0.6 is 0 Å². The standard InChI is InChI=1S/C16H15NO2.C8H11F5N2O3/c18-10-9-17-15-8-4-3-7-14(15)13-6-2-1-5-12(13)11-16(17)19;1-6(18,4(14)16)5(17)15-3-2-7(9,10)8(11,12)13/h1-8,18H,9-11H2;18H,2-3H2,1H3,(H2,14,16)(H,15,17). The van der Waals surface area contributed by atoms with E-state index in [9.17, 15) is 41.4 Å². The zero-order chi connectivity index (χ0) is 28.0.